The van der Waals surface area contributed by atoms with Crippen LogP contribution in [0.5, 0.6) is 0 Å². The highest BCUT2D eigenvalue weighted by Crippen LogP contribution is 2.42. The van der Waals surface area contributed by atoms with Crippen LogP contribution in [-0.4, -0.2) is 41.2 Å². The Hall–Kier alpha value is -3.20. The lowest BCUT2D eigenvalue weighted by atomic mass is 10.1. The van der Waals surface area contributed by atoms with Crippen LogP contribution in [0.2, 0.25) is 0 Å². The summed E-state index contributed by atoms with van der Waals surface area (Å²) < 4.78 is 37.9. The summed E-state index contributed by atoms with van der Waals surface area (Å²) in [6.07, 6.45) is 1.56. The van der Waals surface area contributed by atoms with E-state index < -0.39 is 32.9 Å². The Kier molecular flexibility index (Phi) is 6.48. The molecule has 1 fully saturated rings. The maximum atomic E-state index is 13.6. The van der Waals surface area contributed by atoms with Crippen LogP contribution in [0.4, 0.5) is 0 Å². The van der Waals surface area contributed by atoms with Gasteiger partial charge in [-0.1, -0.05) is 24.1 Å². The molecule has 186 valence electrons. The van der Waals surface area contributed by atoms with Crippen molar-refractivity contribution in [1.82, 2.24) is 9.72 Å². The number of esters is 1. The zero-order valence-corrected chi connectivity index (χ0v) is 21.5. The van der Waals surface area contributed by atoms with Crippen LogP contribution in [-0.2, 0) is 19.4 Å². The van der Waals surface area contributed by atoms with Crippen molar-refractivity contribution in [3.63, 3.8) is 0 Å². The number of Topliss-reactive ketones (excluding diaryl/α,β-unsaturated/α-hetero) is 1. The number of sulfone groups is 1. The highest BCUT2D eigenvalue weighted by molar-refractivity contribution is 7.93. The van der Waals surface area contributed by atoms with Crippen molar-refractivity contribution >= 4 is 21.6 Å². The smallest absolute Gasteiger partial charge is 0.328 e. The van der Waals surface area contributed by atoms with E-state index in [0.717, 1.165) is 16.8 Å². The van der Waals surface area contributed by atoms with E-state index in [0.29, 0.717) is 35.7 Å². The first-order valence-electron chi connectivity index (χ1n) is 11.6. The molecule has 0 radical (unpaired) electrons. The molecule has 2 aromatic heterocycles. The predicted molar refractivity (Wildman–Crippen MR) is 130 cm³/mol. The molecule has 1 aliphatic rings. The molecule has 1 saturated carbocycles. The topological polar surface area (TPSA) is 108 Å². The first kappa shape index (κ1) is 24.9. The molecule has 4 rings (SSSR count). The molecule has 35 heavy (non-hydrogen) atoms. The Balaban J connectivity index is 1.57. The van der Waals surface area contributed by atoms with Crippen LogP contribution in [0.1, 0.15) is 64.3 Å². The summed E-state index contributed by atoms with van der Waals surface area (Å²) in [5.74, 6) is -0.0729. The van der Waals surface area contributed by atoms with Gasteiger partial charge >= 0.3 is 5.97 Å². The van der Waals surface area contributed by atoms with Gasteiger partial charge in [-0.05, 0) is 76.8 Å². The standard InChI is InChI=1S/C26H30N2O6S/c1-16-8-9-21(12-17(16)2)35(31,32)26(10-6-7-11-26)25(30)33-15-23(29)22-13-18(3)28(20(22)5)24-14-19(4)34-27-24/h8-9,12-14H,6-7,10-11,15H2,1-5H3. The number of hydrogen-bond donors (Lipinski definition) is 0. The van der Waals surface area contributed by atoms with Gasteiger partial charge < -0.3 is 9.26 Å². The highest BCUT2D eigenvalue weighted by Gasteiger charge is 2.54. The molecule has 0 amide bonds. The fourth-order valence-electron chi connectivity index (χ4n) is 4.83. The van der Waals surface area contributed by atoms with Crippen LogP contribution in [0, 0.1) is 34.6 Å². The highest BCUT2D eigenvalue weighted by atomic mass is 32.2. The van der Waals surface area contributed by atoms with E-state index in [4.69, 9.17) is 9.26 Å². The third-order valence-electron chi connectivity index (χ3n) is 7.00. The van der Waals surface area contributed by atoms with Crippen molar-refractivity contribution in [2.24, 2.45) is 0 Å². The van der Waals surface area contributed by atoms with Gasteiger partial charge in [0.2, 0.25) is 5.78 Å². The number of rotatable bonds is 7. The Bertz CT molecular complexity index is 1410. The van der Waals surface area contributed by atoms with Gasteiger partial charge in [0.15, 0.2) is 27.0 Å². The van der Waals surface area contributed by atoms with Crippen molar-refractivity contribution in [2.45, 2.75) is 69.9 Å². The largest absolute Gasteiger partial charge is 0.456 e. The average molecular weight is 499 g/mol. The number of carbonyl (C=O) groups excluding carboxylic acids is 2. The van der Waals surface area contributed by atoms with E-state index in [2.05, 4.69) is 5.16 Å². The van der Waals surface area contributed by atoms with Crippen LogP contribution < -0.4 is 0 Å². The Morgan fingerprint density at radius 3 is 2.31 bits per heavy atom. The van der Waals surface area contributed by atoms with E-state index in [1.165, 1.54) is 6.07 Å². The lowest BCUT2D eigenvalue weighted by Gasteiger charge is -2.26. The Morgan fingerprint density at radius 2 is 1.71 bits per heavy atom. The van der Waals surface area contributed by atoms with Crippen LogP contribution >= 0.6 is 0 Å². The minimum absolute atomic E-state index is 0.109. The molecule has 0 N–H and O–H groups in total. The molecular formula is C26H30N2O6S. The third-order valence-corrected chi connectivity index (χ3v) is 9.48. The lowest BCUT2D eigenvalue weighted by molar-refractivity contribution is -0.145. The van der Waals surface area contributed by atoms with Gasteiger partial charge in [0.25, 0.3) is 0 Å². The van der Waals surface area contributed by atoms with E-state index in [1.807, 2.05) is 20.8 Å². The van der Waals surface area contributed by atoms with Gasteiger partial charge in [-0.3, -0.25) is 14.2 Å². The first-order valence-corrected chi connectivity index (χ1v) is 13.1. The SMILES string of the molecule is Cc1cc(-n2c(C)cc(C(=O)COC(=O)C3(S(=O)(=O)c4ccc(C)c(C)c4)CCCC3)c2C)no1. The first-order chi connectivity index (χ1) is 16.5. The van der Waals surface area contributed by atoms with Crippen molar-refractivity contribution in [3.05, 3.63) is 64.2 Å². The quantitative estimate of drug-likeness (QED) is 0.348. The molecule has 0 spiro atoms. The molecule has 0 aliphatic heterocycles. The summed E-state index contributed by atoms with van der Waals surface area (Å²) in [7, 11) is -4.00. The third kappa shape index (κ3) is 4.22. The molecular weight excluding hydrogens is 468 g/mol. The van der Waals surface area contributed by atoms with E-state index in [-0.39, 0.29) is 17.7 Å². The summed E-state index contributed by atoms with van der Waals surface area (Å²) in [4.78, 5) is 26.4. The number of aromatic nitrogens is 2. The number of nitrogens with zero attached hydrogens (tertiary/aromatic N) is 2. The Morgan fingerprint density at radius 1 is 1.03 bits per heavy atom. The summed E-state index contributed by atoms with van der Waals surface area (Å²) in [5, 5.41) is 4.01. The summed E-state index contributed by atoms with van der Waals surface area (Å²) >= 11 is 0. The van der Waals surface area contributed by atoms with E-state index in [9.17, 15) is 18.0 Å². The van der Waals surface area contributed by atoms with Crippen molar-refractivity contribution < 1.29 is 27.3 Å². The maximum absolute atomic E-state index is 13.6. The number of ether oxygens (including phenoxy) is 1. The summed E-state index contributed by atoms with van der Waals surface area (Å²) in [6.45, 7) is 8.59. The van der Waals surface area contributed by atoms with Gasteiger partial charge in [-0.2, -0.15) is 0 Å². The molecule has 0 atom stereocenters. The second-order valence-corrected chi connectivity index (χ2v) is 11.6. The number of carbonyl (C=O) groups is 2. The average Bonchev–Trinajstić information content (AvgIpc) is 3.53. The van der Waals surface area contributed by atoms with Crippen LogP contribution in [0.3, 0.4) is 0 Å². The minimum Gasteiger partial charge on any atom is -0.456 e. The monoisotopic (exact) mass is 498 g/mol. The molecule has 0 saturated heterocycles. The second-order valence-electron chi connectivity index (χ2n) is 9.37. The van der Waals surface area contributed by atoms with Crippen LogP contribution in [0.15, 0.2) is 39.8 Å². The molecule has 2 heterocycles. The fraction of sp³-hybridized carbons (Fsp3) is 0.423. The van der Waals surface area contributed by atoms with Gasteiger partial charge in [0.1, 0.15) is 5.76 Å². The predicted octanol–water partition coefficient (Wildman–Crippen LogP) is 4.52. The summed E-state index contributed by atoms with van der Waals surface area (Å²) in [6, 6.07) is 8.34. The molecule has 9 heteroatoms. The molecule has 0 unspecified atom stereocenters. The number of ketones is 1. The summed E-state index contributed by atoms with van der Waals surface area (Å²) in [5.41, 5.74) is 3.59. The zero-order chi connectivity index (χ0) is 25.5. The van der Waals surface area contributed by atoms with Gasteiger partial charge in [0.05, 0.1) is 4.90 Å². The molecule has 3 aromatic rings. The second kappa shape index (κ2) is 9.11. The number of benzene rings is 1. The van der Waals surface area contributed by atoms with Gasteiger partial charge in [0, 0.05) is 23.0 Å². The molecule has 1 aromatic carbocycles. The van der Waals surface area contributed by atoms with Gasteiger partial charge in [-0.25, -0.2) is 8.42 Å². The molecule has 0 bridgehead atoms. The molecule has 8 nitrogen and oxygen atoms in total. The van der Waals surface area contributed by atoms with Crippen molar-refractivity contribution in [1.29, 1.82) is 0 Å². The number of hydrogen-bond acceptors (Lipinski definition) is 7. The van der Waals surface area contributed by atoms with Gasteiger partial charge in [-0.15, -0.1) is 0 Å². The number of aryl methyl sites for hydroxylation is 4. The van der Waals surface area contributed by atoms with E-state index >= 15 is 0 Å². The molecule has 1 aliphatic carbocycles. The van der Waals surface area contributed by atoms with E-state index in [1.54, 1.807) is 42.7 Å². The zero-order valence-electron chi connectivity index (χ0n) is 20.7. The normalized spacial score (nSPS) is 15.3. The maximum Gasteiger partial charge on any atom is 0.328 e. The minimum atomic E-state index is -4.00. The lowest BCUT2D eigenvalue weighted by Crippen LogP contribution is -2.45. The van der Waals surface area contributed by atoms with Crippen LogP contribution in [0.25, 0.3) is 5.82 Å². The Labute approximate surface area is 205 Å². The van der Waals surface area contributed by atoms with Crippen molar-refractivity contribution in [3.8, 4) is 5.82 Å². The van der Waals surface area contributed by atoms with Crippen molar-refractivity contribution in [2.75, 3.05) is 6.61 Å². The fourth-order valence-corrected chi connectivity index (χ4v) is 6.97.